The Hall–Kier alpha value is -2.23. The average molecular weight is 219 g/mol. The zero-order valence-electron chi connectivity index (χ0n) is 8.92. The van der Waals surface area contributed by atoms with Gasteiger partial charge in [0.05, 0.1) is 25.2 Å². The molecule has 1 aromatic carbocycles. The van der Waals surface area contributed by atoms with Gasteiger partial charge in [-0.3, -0.25) is 0 Å². The molecular formula is C12H13NO3. The molecule has 0 aliphatic carbocycles. The number of rotatable bonds is 1. The van der Waals surface area contributed by atoms with Gasteiger partial charge in [0.1, 0.15) is 0 Å². The van der Waals surface area contributed by atoms with Gasteiger partial charge in [0.15, 0.2) is 0 Å². The Kier molecular flexibility index (Phi) is 4.66. The quantitative estimate of drug-likeness (QED) is 0.590. The topological polar surface area (TPSA) is 65.5 Å². The lowest BCUT2D eigenvalue weighted by Gasteiger charge is -1.97. The minimum absolute atomic E-state index is 0.343. The molecule has 0 saturated heterocycles. The summed E-state index contributed by atoms with van der Waals surface area (Å²) >= 11 is 0. The lowest BCUT2D eigenvalue weighted by molar-refractivity contribution is 0.0601. The van der Waals surface area contributed by atoms with Crippen LogP contribution in [0.5, 0.6) is 0 Å². The Morgan fingerprint density at radius 2 is 1.75 bits per heavy atom. The van der Waals surface area contributed by atoms with Crippen LogP contribution in [0.25, 0.3) is 0 Å². The Labute approximate surface area is 93.6 Å². The van der Waals surface area contributed by atoms with Gasteiger partial charge in [-0.2, -0.15) is 0 Å². The van der Waals surface area contributed by atoms with Crippen molar-refractivity contribution < 1.29 is 13.9 Å². The highest BCUT2D eigenvalue weighted by atomic mass is 16.5. The predicted octanol–water partition coefficient (Wildman–Crippen LogP) is 2.33. The third-order valence-electron chi connectivity index (χ3n) is 1.76. The number of ether oxygens (including phenoxy) is 1. The second-order valence-electron chi connectivity index (χ2n) is 2.91. The fourth-order valence-electron chi connectivity index (χ4n) is 0.964. The van der Waals surface area contributed by atoms with Crippen LogP contribution >= 0.6 is 0 Å². The van der Waals surface area contributed by atoms with E-state index in [1.807, 2.05) is 12.1 Å². The van der Waals surface area contributed by atoms with Crippen LogP contribution in [0.2, 0.25) is 0 Å². The summed E-state index contributed by atoms with van der Waals surface area (Å²) in [6, 6.07) is 10.2. The number of benzene rings is 1. The van der Waals surface area contributed by atoms with E-state index >= 15 is 0 Å². The summed E-state index contributed by atoms with van der Waals surface area (Å²) in [6.45, 7) is 0. The van der Waals surface area contributed by atoms with E-state index in [4.69, 9.17) is 5.73 Å². The van der Waals surface area contributed by atoms with Crippen molar-refractivity contribution in [3.8, 4) is 0 Å². The molecule has 4 nitrogen and oxygen atoms in total. The monoisotopic (exact) mass is 219 g/mol. The minimum Gasteiger partial charge on any atom is -0.473 e. The molecule has 0 bridgehead atoms. The van der Waals surface area contributed by atoms with E-state index in [0.717, 1.165) is 0 Å². The third-order valence-corrected chi connectivity index (χ3v) is 1.76. The molecule has 0 radical (unpaired) electrons. The van der Waals surface area contributed by atoms with Gasteiger partial charge >= 0.3 is 5.97 Å². The summed E-state index contributed by atoms with van der Waals surface area (Å²) in [5.41, 5.74) is 6.57. The first-order valence-corrected chi connectivity index (χ1v) is 4.65. The summed E-state index contributed by atoms with van der Waals surface area (Å²) in [6.07, 6.45) is 3.25. The van der Waals surface area contributed by atoms with Crippen LogP contribution in [0.4, 0.5) is 5.69 Å². The molecule has 0 saturated carbocycles. The van der Waals surface area contributed by atoms with Crippen LogP contribution in [-0.4, -0.2) is 13.1 Å². The first kappa shape index (κ1) is 11.8. The molecule has 0 aliphatic rings. The fourth-order valence-corrected chi connectivity index (χ4v) is 0.964. The van der Waals surface area contributed by atoms with Gasteiger partial charge in [0.2, 0.25) is 0 Å². The molecule has 16 heavy (non-hydrogen) atoms. The summed E-state index contributed by atoms with van der Waals surface area (Å²) in [4.78, 5) is 10.9. The Balaban J connectivity index is 0.000000212. The smallest absolute Gasteiger partial charge is 0.337 e. The number of esters is 1. The first-order chi connectivity index (χ1) is 7.74. The molecule has 2 N–H and O–H groups in total. The van der Waals surface area contributed by atoms with E-state index in [9.17, 15) is 4.79 Å². The highest BCUT2D eigenvalue weighted by molar-refractivity contribution is 5.89. The average Bonchev–Trinajstić information content (AvgIpc) is 2.88. The molecule has 0 spiro atoms. The van der Waals surface area contributed by atoms with E-state index in [0.29, 0.717) is 11.3 Å². The highest BCUT2D eigenvalue weighted by Gasteiger charge is 2.02. The van der Waals surface area contributed by atoms with Crippen molar-refractivity contribution in [1.29, 1.82) is 0 Å². The number of carbonyl (C=O) groups excluding carboxylic acids is 1. The van der Waals surface area contributed by atoms with Crippen molar-refractivity contribution in [2.24, 2.45) is 0 Å². The van der Waals surface area contributed by atoms with Crippen molar-refractivity contribution in [3.05, 3.63) is 54.5 Å². The van der Waals surface area contributed by atoms with Crippen molar-refractivity contribution in [2.45, 2.75) is 0 Å². The number of furan rings is 1. The molecule has 0 aliphatic heterocycles. The SMILES string of the molecule is COC(=O)c1ccc(N)cc1.c1ccoc1. The number of hydrogen-bond donors (Lipinski definition) is 1. The van der Waals surface area contributed by atoms with Gasteiger partial charge in [-0.15, -0.1) is 0 Å². The van der Waals surface area contributed by atoms with Crippen molar-refractivity contribution in [1.82, 2.24) is 0 Å². The molecule has 1 aromatic heterocycles. The van der Waals surface area contributed by atoms with Crippen LogP contribution in [0.3, 0.4) is 0 Å². The third kappa shape index (κ3) is 3.88. The zero-order valence-corrected chi connectivity index (χ0v) is 8.92. The van der Waals surface area contributed by atoms with E-state index in [1.165, 1.54) is 7.11 Å². The van der Waals surface area contributed by atoms with Gasteiger partial charge in [0, 0.05) is 5.69 Å². The van der Waals surface area contributed by atoms with Crippen LogP contribution in [-0.2, 0) is 4.74 Å². The van der Waals surface area contributed by atoms with Crippen LogP contribution < -0.4 is 5.73 Å². The second kappa shape index (κ2) is 6.29. The molecule has 0 atom stereocenters. The lowest BCUT2D eigenvalue weighted by Crippen LogP contribution is -2.00. The van der Waals surface area contributed by atoms with E-state index < -0.39 is 0 Å². The molecule has 4 heteroatoms. The van der Waals surface area contributed by atoms with E-state index in [1.54, 1.807) is 36.8 Å². The fraction of sp³-hybridized carbons (Fsp3) is 0.0833. The molecule has 84 valence electrons. The number of nitrogen functional groups attached to an aromatic ring is 1. The summed E-state index contributed by atoms with van der Waals surface area (Å²) in [5, 5.41) is 0. The first-order valence-electron chi connectivity index (χ1n) is 4.65. The number of nitrogens with two attached hydrogens (primary N) is 1. The summed E-state index contributed by atoms with van der Waals surface area (Å²) in [7, 11) is 1.35. The van der Waals surface area contributed by atoms with Gasteiger partial charge in [-0.1, -0.05) is 0 Å². The van der Waals surface area contributed by atoms with Crippen molar-refractivity contribution in [3.63, 3.8) is 0 Å². The number of hydrogen-bond acceptors (Lipinski definition) is 4. The van der Waals surface area contributed by atoms with Crippen molar-refractivity contribution in [2.75, 3.05) is 12.8 Å². The maximum atomic E-state index is 10.9. The molecular weight excluding hydrogens is 206 g/mol. The largest absolute Gasteiger partial charge is 0.473 e. The van der Waals surface area contributed by atoms with Crippen LogP contribution in [0.1, 0.15) is 10.4 Å². The maximum Gasteiger partial charge on any atom is 0.337 e. The molecule has 2 rings (SSSR count). The van der Waals surface area contributed by atoms with E-state index in [2.05, 4.69) is 9.15 Å². The maximum absolute atomic E-state index is 10.9. The summed E-state index contributed by atoms with van der Waals surface area (Å²) in [5.74, 6) is -0.343. The number of anilines is 1. The summed E-state index contributed by atoms with van der Waals surface area (Å²) < 4.78 is 9.08. The predicted molar refractivity (Wildman–Crippen MR) is 60.9 cm³/mol. The Morgan fingerprint density at radius 1 is 1.19 bits per heavy atom. The number of carbonyl (C=O) groups is 1. The van der Waals surface area contributed by atoms with Gasteiger partial charge in [-0.05, 0) is 36.4 Å². The second-order valence-corrected chi connectivity index (χ2v) is 2.91. The molecule has 0 fully saturated rings. The molecule has 0 unspecified atom stereocenters. The lowest BCUT2D eigenvalue weighted by atomic mass is 10.2. The van der Waals surface area contributed by atoms with Gasteiger partial charge in [-0.25, -0.2) is 4.79 Å². The normalized spacial score (nSPS) is 8.81. The van der Waals surface area contributed by atoms with Crippen LogP contribution in [0, 0.1) is 0 Å². The number of methoxy groups -OCH3 is 1. The standard InChI is InChI=1S/C8H9NO2.C4H4O/c1-11-8(10)6-2-4-7(9)5-3-6;1-2-4-5-3-1/h2-5H,9H2,1H3;1-4H. The highest BCUT2D eigenvalue weighted by Crippen LogP contribution is 2.05. The van der Waals surface area contributed by atoms with Gasteiger partial charge in [0.25, 0.3) is 0 Å². The molecule has 2 aromatic rings. The minimum atomic E-state index is -0.343. The molecule has 0 amide bonds. The van der Waals surface area contributed by atoms with Crippen LogP contribution in [0.15, 0.2) is 53.3 Å². The molecule has 1 heterocycles. The van der Waals surface area contributed by atoms with E-state index in [-0.39, 0.29) is 5.97 Å². The van der Waals surface area contributed by atoms with Crippen molar-refractivity contribution >= 4 is 11.7 Å². The Morgan fingerprint density at radius 3 is 2.12 bits per heavy atom. The zero-order chi connectivity index (χ0) is 11.8. The van der Waals surface area contributed by atoms with Gasteiger partial charge < -0.3 is 14.9 Å². The Bertz CT molecular complexity index is 389.